The molecule has 3 N–H and O–H groups in total. The second-order valence-corrected chi connectivity index (χ2v) is 5.19. The molecule has 0 atom stereocenters. The topological polar surface area (TPSA) is 61.8 Å². The van der Waals surface area contributed by atoms with Crippen LogP contribution in [0.2, 0.25) is 0 Å². The van der Waals surface area contributed by atoms with Crippen LogP contribution in [0.3, 0.4) is 0 Å². The van der Waals surface area contributed by atoms with Crippen molar-refractivity contribution >= 4 is 5.84 Å². The molecule has 5 heteroatoms. The number of hydrogen-bond donors (Lipinski definition) is 2. The number of halogens is 1. The van der Waals surface area contributed by atoms with Crippen molar-refractivity contribution in [3.63, 3.8) is 0 Å². The van der Waals surface area contributed by atoms with E-state index in [9.17, 15) is 4.39 Å². The molecular weight excluding hydrogens is 245 g/mol. The summed E-state index contributed by atoms with van der Waals surface area (Å²) >= 11 is 0. The zero-order valence-corrected chi connectivity index (χ0v) is 11.1. The summed E-state index contributed by atoms with van der Waals surface area (Å²) in [6.07, 6.45) is 4.96. The smallest absolute Gasteiger partial charge is 0.170 e. The SMILES string of the molecule is CN(Cc1cc(F)cc(/C(N)=N/O)c1)C1CCCC1. The third kappa shape index (κ3) is 3.44. The van der Waals surface area contributed by atoms with Gasteiger partial charge in [0, 0.05) is 18.2 Å². The molecule has 1 aromatic rings. The van der Waals surface area contributed by atoms with Gasteiger partial charge in [0.2, 0.25) is 0 Å². The van der Waals surface area contributed by atoms with E-state index in [4.69, 9.17) is 10.9 Å². The number of rotatable bonds is 4. The minimum Gasteiger partial charge on any atom is -0.409 e. The van der Waals surface area contributed by atoms with E-state index in [1.165, 1.54) is 37.8 Å². The molecule has 0 aromatic heterocycles. The fourth-order valence-corrected chi connectivity index (χ4v) is 2.71. The summed E-state index contributed by atoms with van der Waals surface area (Å²) in [7, 11) is 2.06. The Morgan fingerprint density at radius 3 is 2.74 bits per heavy atom. The molecule has 0 amide bonds. The highest BCUT2D eigenvalue weighted by Crippen LogP contribution is 2.24. The van der Waals surface area contributed by atoms with Gasteiger partial charge in [0.15, 0.2) is 5.84 Å². The number of oxime groups is 1. The quantitative estimate of drug-likeness (QED) is 0.380. The summed E-state index contributed by atoms with van der Waals surface area (Å²) in [4.78, 5) is 2.25. The zero-order valence-electron chi connectivity index (χ0n) is 11.1. The lowest BCUT2D eigenvalue weighted by Gasteiger charge is -2.24. The van der Waals surface area contributed by atoms with Crippen LogP contribution in [0.1, 0.15) is 36.8 Å². The van der Waals surface area contributed by atoms with Gasteiger partial charge in [-0.25, -0.2) is 4.39 Å². The lowest BCUT2D eigenvalue weighted by atomic mass is 10.1. The highest BCUT2D eigenvalue weighted by molar-refractivity contribution is 5.97. The molecule has 1 fully saturated rings. The van der Waals surface area contributed by atoms with E-state index in [-0.39, 0.29) is 11.7 Å². The fourth-order valence-electron chi connectivity index (χ4n) is 2.71. The van der Waals surface area contributed by atoms with Crippen molar-refractivity contribution in [3.05, 3.63) is 35.1 Å². The number of nitrogens with two attached hydrogens (primary N) is 1. The first-order chi connectivity index (χ1) is 9.10. The molecule has 104 valence electrons. The van der Waals surface area contributed by atoms with Crippen LogP contribution in [-0.2, 0) is 6.54 Å². The summed E-state index contributed by atoms with van der Waals surface area (Å²) in [5.41, 5.74) is 6.76. The second kappa shape index (κ2) is 6.02. The van der Waals surface area contributed by atoms with Crippen molar-refractivity contribution in [2.75, 3.05) is 7.05 Å². The van der Waals surface area contributed by atoms with Gasteiger partial charge in [-0.05, 0) is 43.7 Å². The Balaban J connectivity index is 2.13. The van der Waals surface area contributed by atoms with Crippen molar-refractivity contribution in [2.24, 2.45) is 10.9 Å². The first kappa shape index (κ1) is 13.8. The molecule has 0 spiro atoms. The minimum absolute atomic E-state index is 0.0655. The van der Waals surface area contributed by atoms with Crippen molar-refractivity contribution < 1.29 is 9.60 Å². The molecule has 19 heavy (non-hydrogen) atoms. The van der Waals surface area contributed by atoms with Gasteiger partial charge in [-0.3, -0.25) is 4.90 Å². The van der Waals surface area contributed by atoms with Gasteiger partial charge < -0.3 is 10.9 Å². The molecule has 1 saturated carbocycles. The van der Waals surface area contributed by atoms with Gasteiger partial charge in [-0.15, -0.1) is 0 Å². The molecule has 0 unspecified atom stereocenters. The molecule has 0 saturated heterocycles. The van der Waals surface area contributed by atoms with E-state index < -0.39 is 0 Å². The van der Waals surface area contributed by atoms with Crippen LogP contribution in [0.4, 0.5) is 4.39 Å². The number of hydrogen-bond acceptors (Lipinski definition) is 3. The van der Waals surface area contributed by atoms with Gasteiger partial charge in [-0.2, -0.15) is 0 Å². The van der Waals surface area contributed by atoms with E-state index >= 15 is 0 Å². The first-order valence-electron chi connectivity index (χ1n) is 6.58. The fraction of sp³-hybridized carbons (Fsp3) is 0.500. The van der Waals surface area contributed by atoms with Crippen molar-refractivity contribution in [3.8, 4) is 0 Å². The largest absolute Gasteiger partial charge is 0.409 e. The molecular formula is C14H20FN3O. The molecule has 1 aromatic carbocycles. The Kier molecular flexibility index (Phi) is 4.37. The van der Waals surface area contributed by atoms with Crippen molar-refractivity contribution in [1.29, 1.82) is 0 Å². The molecule has 1 aliphatic rings. The number of nitrogens with zero attached hydrogens (tertiary/aromatic N) is 2. The highest BCUT2D eigenvalue weighted by atomic mass is 19.1. The van der Waals surface area contributed by atoms with Gasteiger partial charge >= 0.3 is 0 Å². The standard InChI is InChI=1S/C14H20FN3O/c1-18(13-4-2-3-5-13)9-10-6-11(14(16)17-19)8-12(15)7-10/h6-8,13,19H,2-5,9H2,1H3,(H2,16,17). The second-order valence-electron chi connectivity index (χ2n) is 5.19. The van der Waals surface area contributed by atoms with Crippen LogP contribution < -0.4 is 5.73 Å². The summed E-state index contributed by atoms with van der Waals surface area (Å²) < 4.78 is 13.5. The maximum Gasteiger partial charge on any atom is 0.170 e. The molecule has 2 rings (SSSR count). The van der Waals surface area contributed by atoms with Gasteiger partial charge in [0.25, 0.3) is 0 Å². The molecule has 0 heterocycles. The van der Waals surface area contributed by atoms with Crippen LogP contribution >= 0.6 is 0 Å². The third-order valence-corrected chi connectivity index (χ3v) is 3.74. The lowest BCUT2D eigenvalue weighted by Crippen LogP contribution is -2.28. The predicted molar refractivity (Wildman–Crippen MR) is 72.6 cm³/mol. The normalized spacial score (nSPS) is 17.3. The average molecular weight is 265 g/mol. The Morgan fingerprint density at radius 2 is 2.11 bits per heavy atom. The molecule has 1 aliphatic carbocycles. The predicted octanol–water partition coefficient (Wildman–Crippen LogP) is 2.29. The summed E-state index contributed by atoms with van der Waals surface area (Å²) in [5.74, 6) is -0.428. The van der Waals surface area contributed by atoms with E-state index in [1.807, 2.05) is 0 Å². The van der Waals surface area contributed by atoms with Crippen LogP contribution in [0, 0.1) is 5.82 Å². The first-order valence-corrected chi connectivity index (χ1v) is 6.58. The summed E-state index contributed by atoms with van der Waals surface area (Å²) in [6.45, 7) is 0.675. The van der Waals surface area contributed by atoms with Crippen LogP contribution in [0.5, 0.6) is 0 Å². The Hall–Kier alpha value is -1.62. The van der Waals surface area contributed by atoms with Crippen LogP contribution in [-0.4, -0.2) is 29.0 Å². The molecule has 0 aliphatic heterocycles. The molecule has 4 nitrogen and oxygen atoms in total. The maximum absolute atomic E-state index is 13.5. The Labute approximate surface area is 112 Å². The number of amidine groups is 1. The van der Waals surface area contributed by atoms with Crippen molar-refractivity contribution in [1.82, 2.24) is 4.90 Å². The highest BCUT2D eigenvalue weighted by Gasteiger charge is 2.19. The maximum atomic E-state index is 13.5. The van der Waals surface area contributed by atoms with Crippen molar-refractivity contribution in [2.45, 2.75) is 38.3 Å². The van der Waals surface area contributed by atoms with Crippen LogP contribution in [0.15, 0.2) is 23.4 Å². The third-order valence-electron chi connectivity index (χ3n) is 3.74. The summed E-state index contributed by atoms with van der Waals surface area (Å²) in [6, 6.07) is 5.12. The Bertz CT molecular complexity index is 470. The monoisotopic (exact) mass is 265 g/mol. The average Bonchev–Trinajstić information content (AvgIpc) is 2.91. The van der Waals surface area contributed by atoms with Gasteiger partial charge in [0.1, 0.15) is 5.82 Å². The van der Waals surface area contributed by atoms with E-state index in [0.717, 1.165) is 5.56 Å². The Morgan fingerprint density at radius 1 is 1.42 bits per heavy atom. The minimum atomic E-state index is -0.362. The molecule has 0 bridgehead atoms. The van der Waals surface area contributed by atoms with Gasteiger partial charge in [0.05, 0.1) is 0 Å². The molecule has 0 radical (unpaired) electrons. The van der Waals surface area contributed by atoms with Gasteiger partial charge in [-0.1, -0.05) is 18.0 Å². The lowest BCUT2D eigenvalue weighted by molar-refractivity contribution is 0.237. The van der Waals surface area contributed by atoms with E-state index in [1.54, 1.807) is 6.07 Å². The van der Waals surface area contributed by atoms with Crippen LogP contribution in [0.25, 0.3) is 0 Å². The number of benzene rings is 1. The zero-order chi connectivity index (χ0) is 13.8. The summed E-state index contributed by atoms with van der Waals surface area (Å²) in [5, 5.41) is 11.6. The van der Waals surface area contributed by atoms with E-state index in [0.29, 0.717) is 18.2 Å². The van der Waals surface area contributed by atoms with E-state index in [2.05, 4.69) is 17.1 Å².